The maximum absolute atomic E-state index is 10.2. The lowest BCUT2D eigenvalue weighted by Crippen LogP contribution is -2.41. The van der Waals surface area contributed by atoms with E-state index in [0.29, 0.717) is 0 Å². The van der Waals surface area contributed by atoms with Crippen molar-refractivity contribution in [3.63, 3.8) is 0 Å². The number of hydrogen-bond donors (Lipinski definition) is 3. The van der Waals surface area contributed by atoms with Crippen LogP contribution in [-0.4, -0.2) is 36.7 Å². The van der Waals surface area contributed by atoms with Crippen molar-refractivity contribution >= 4 is 11.9 Å². The van der Waals surface area contributed by atoms with Gasteiger partial charge in [0.15, 0.2) is 5.96 Å². The third-order valence-corrected chi connectivity index (χ3v) is 2.01. The van der Waals surface area contributed by atoms with Crippen LogP contribution in [0.5, 0.6) is 0 Å². The van der Waals surface area contributed by atoms with Crippen LogP contribution in [0.15, 0.2) is 4.99 Å². The standard InChI is InChI=1S/C9H17N3O2/c13-8(14)4-1-2-5-10-9-11-6-3-7-12-9/h1-7H2,(H,13,14)(H2,10,11,12). The van der Waals surface area contributed by atoms with Gasteiger partial charge in [-0.05, 0) is 19.3 Å². The highest BCUT2D eigenvalue weighted by molar-refractivity contribution is 5.80. The number of rotatable bonds is 5. The molecule has 0 saturated carbocycles. The quantitative estimate of drug-likeness (QED) is 0.552. The summed E-state index contributed by atoms with van der Waals surface area (Å²) in [6.07, 6.45) is 2.92. The minimum absolute atomic E-state index is 0.252. The summed E-state index contributed by atoms with van der Waals surface area (Å²) >= 11 is 0. The van der Waals surface area contributed by atoms with Gasteiger partial charge in [0.2, 0.25) is 0 Å². The molecule has 0 aromatic heterocycles. The van der Waals surface area contributed by atoms with Crippen molar-refractivity contribution in [2.75, 3.05) is 19.6 Å². The highest BCUT2D eigenvalue weighted by Crippen LogP contribution is 1.94. The summed E-state index contributed by atoms with van der Waals surface area (Å²) in [6, 6.07) is 0. The average molecular weight is 199 g/mol. The van der Waals surface area contributed by atoms with Crippen LogP contribution in [0.2, 0.25) is 0 Å². The molecule has 1 rings (SSSR count). The maximum atomic E-state index is 10.2. The van der Waals surface area contributed by atoms with E-state index in [9.17, 15) is 4.79 Å². The molecule has 0 bridgehead atoms. The Morgan fingerprint density at radius 1 is 1.57 bits per heavy atom. The van der Waals surface area contributed by atoms with Gasteiger partial charge in [0.05, 0.1) is 0 Å². The predicted molar refractivity (Wildman–Crippen MR) is 54.4 cm³/mol. The van der Waals surface area contributed by atoms with Crippen LogP contribution in [0.4, 0.5) is 0 Å². The third-order valence-electron chi connectivity index (χ3n) is 2.01. The van der Waals surface area contributed by atoms with E-state index in [0.717, 1.165) is 44.9 Å². The van der Waals surface area contributed by atoms with Crippen LogP contribution in [0.25, 0.3) is 0 Å². The lowest BCUT2D eigenvalue weighted by molar-refractivity contribution is -0.137. The van der Waals surface area contributed by atoms with Crippen molar-refractivity contribution in [3.05, 3.63) is 0 Å². The van der Waals surface area contributed by atoms with Gasteiger partial charge in [0.25, 0.3) is 0 Å². The smallest absolute Gasteiger partial charge is 0.303 e. The summed E-state index contributed by atoms with van der Waals surface area (Å²) in [4.78, 5) is 14.4. The van der Waals surface area contributed by atoms with Crippen molar-refractivity contribution in [1.82, 2.24) is 10.6 Å². The van der Waals surface area contributed by atoms with Crippen molar-refractivity contribution in [1.29, 1.82) is 0 Å². The summed E-state index contributed by atoms with van der Waals surface area (Å²) in [5.74, 6) is 0.129. The Bertz CT molecular complexity index is 216. The summed E-state index contributed by atoms with van der Waals surface area (Å²) in [6.45, 7) is 2.64. The molecule has 5 heteroatoms. The second-order valence-corrected chi connectivity index (χ2v) is 3.29. The fourth-order valence-corrected chi connectivity index (χ4v) is 1.26. The lowest BCUT2D eigenvalue weighted by Gasteiger charge is -2.15. The van der Waals surface area contributed by atoms with E-state index < -0.39 is 5.97 Å². The number of guanidine groups is 1. The summed E-state index contributed by atoms with van der Waals surface area (Å²) in [5, 5.41) is 14.7. The molecule has 0 atom stereocenters. The van der Waals surface area contributed by atoms with Crippen molar-refractivity contribution in [3.8, 4) is 0 Å². The largest absolute Gasteiger partial charge is 0.481 e. The van der Waals surface area contributed by atoms with Crippen LogP contribution in [-0.2, 0) is 4.79 Å². The number of hydrogen-bond acceptors (Lipinski definition) is 4. The minimum atomic E-state index is -0.724. The summed E-state index contributed by atoms with van der Waals surface area (Å²) in [7, 11) is 0. The second-order valence-electron chi connectivity index (χ2n) is 3.29. The van der Waals surface area contributed by atoms with Gasteiger partial charge in [-0.3, -0.25) is 9.79 Å². The molecule has 0 spiro atoms. The van der Waals surface area contributed by atoms with Gasteiger partial charge in [-0.15, -0.1) is 0 Å². The number of nitrogens with zero attached hydrogens (tertiary/aromatic N) is 1. The van der Waals surface area contributed by atoms with Gasteiger partial charge in [0, 0.05) is 26.1 Å². The molecule has 0 amide bonds. The molecule has 1 aliphatic heterocycles. The number of carboxylic acids is 1. The normalized spacial score (nSPS) is 15.6. The molecule has 0 aliphatic carbocycles. The maximum Gasteiger partial charge on any atom is 0.303 e. The first-order valence-electron chi connectivity index (χ1n) is 5.03. The van der Waals surface area contributed by atoms with Gasteiger partial charge in [-0.1, -0.05) is 0 Å². The molecule has 0 saturated heterocycles. The zero-order chi connectivity index (χ0) is 10.2. The lowest BCUT2D eigenvalue weighted by atomic mass is 10.2. The number of aliphatic carboxylic acids is 1. The Labute approximate surface area is 83.6 Å². The number of nitrogens with one attached hydrogen (secondary N) is 2. The predicted octanol–water partition coefficient (Wildman–Crippen LogP) is 0.180. The number of carboxylic acid groups (broad SMARTS) is 1. The van der Waals surface area contributed by atoms with Gasteiger partial charge < -0.3 is 15.7 Å². The van der Waals surface area contributed by atoms with Crippen molar-refractivity contribution in [2.24, 2.45) is 4.99 Å². The van der Waals surface area contributed by atoms with E-state index in [1.807, 2.05) is 0 Å². The molecule has 80 valence electrons. The second kappa shape index (κ2) is 6.23. The van der Waals surface area contributed by atoms with Crippen LogP contribution in [0.1, 0.15) is 25.7 Å². The Kier molecular flexibility index (Phi) is 4.82. The zero-order valence-electron chi connectivity index (χ0n) is 8.25. The first kappa shape index (κ1) is 10.8. The minimum Gasteiger partial charge on any atom is -0.481 e. The van der Waals surface area contributed by atoms with Gasteiger partial charge in [-0.2, -0.15) is 0 Å². The summed E-state index contributed by atoms with van der Waals surface area (Å²) < 4.78 is 0. The van der Waals surface area contributed by atoms with E-state index in [1.165, 1.54) is 0 Å². The molecule has 3 N–H and O–H groups in total. The highest BCUT2D eigenvalue weighted by atomic mass is 16.4. The Morgan fingerprint density at radius 3 is 3.07 bits per heavy atom. The van der Waals surface area contributed by atoms with Gasteiger partial charge in [0.1, 0.15) is 0 Å². The van der Waals surface area contributed by atoms with Crippen molar-refractivity contribution in [2.45, 2.75) is 25.7 Å². The molecule has 1 aliphatic rings. The Morgan fingerprint density at radius 2 is 2.43 bits per heavy atom. The molecule has 0 aromatic carbocycles. The fourth-order valence-electron chi connectivity index (χ4n) is 1.26. The Hall–Kier alpha value is -1.26. The molecular weight excluding hydrogens is 182 g/mol. The molecule has 5 nitrogen and oxygen atoms in total. The van der Waals surface area contributed by atoms with E-state index in [-0.39, 0.29) is 6.42 Å². The Balaban J connectivity index is 1.98. The first-order valence-corrected chi connectivity index (χ1v) is 5.03. The molecule has 1 heterocycles. The fraction of sp³-hybridized carbons (Fsp3) is 0.778. The molecule has 0 fully saturated rings. The van der Waals surface area contributed by atoms with Crippen LogP contribution >= 0.6 is 0 Å². The van der Waals surface area contributed by atoms with Crippen LogP contribution < -0.4 is 10.6 Å². The average Bonchev–Trinajstić information content (AvgIpc) is 2.18. The monoisotopic (exact) mass is 199 g/mol. The molecule has 0 aromatic rings. The van der Waals surface area contributed by atoms with Gasteiger partial charge >= 0.3 is 5.97 Å². The number of unbranched alkanes of at least 4 members (excludes halogenated alkanes) is 1. The first-order chi connectivity index (χ1) is 6.79. The van der Waals surface area contributed by atoms with Crippen molar-refractivity contribution < 1.29 is 9.90 Å². The molecule has 14 heavy (non-hydrogen) atoms. The van der Waals surface area contributed by atoms with Gasteiger partial charge in [-0.25, -0.2) is 0 Å². The molecule has 0 radical (unpaired) electrons. The third kappa shape index (κ3) is 4.69. The number of aliphatic imine (C=N–C) groups is 1. The topological polar surface area (TPSA) is 73.7 Å². The van der Waals surface area contributed by atoms with Crippen LogP contribution in [0.3, 0.4) is 0 Å². The van der Waals surface area contributed by atoms with E-state index in [4.69, 9.17) is 5.11 Å². The zero-order valence-corrected chi connectivity index (χ0v) is 8.25. The molecular formula is C9H17N3O2. The number of carbonyl (C=O) groups is 1. The SMILES string of the molecule is O=C(O)CCCCNC1=NCCCN1. The van der Waals surface area contributed by atoms with E-state index >= 15 is 0 Å². The molecule has 0 unspecified atom stereocenters. The van der Waals surface area contributed by atoms with E-state index in [2.05, 4.69) is 15.6 Å². The highest BCUT2D eigenvalue weighted by Gasteiger charge is 2.02. The van der Waals surface area contributed by atoms with E-state index in [1.54, 1.807) is 0 Å². The summed E-state index contributed by atoms with van der Waals surface area (Å²) in [5.41, 5.74) is 0. The van der Waals surface area contributed by atoms with Crippen LogP contribution in [0, 0.1) is 0 Å².